The normalized spacial score (nSPS) is 17.4. The van der Waals surface area contributed by atoms with E-state index in [0.29, 0.717) is 31.0 Å². The number of rotatable bonds is 3. The van der Waals surface area contributed by atoms with Crippen LogP contribution in [0.1, 0.15) is 11.1 Å². The molecule has 1 N–H and O–H groups in total. The van der Waals surface area contributed by atoms with Crippen LogP contribution < -0.4 is 5.32 Å². The average molecular weight is 287 g/mol. The van der Waals surface area contributed by atoms with E-state index in [0.717, 1.165) is 18.3 Å². The highest BCUT2D eigenvalue weighted by atomic mass is 19.4. The van der Waals surface area contributed by atoms with Gasteiger partial charge in [0.15, 0.2) is 5.82 Å². The quantitative estimate of drug-likeness (QED) is 0.684. The maximum absolute atomic E-state index is 12.4. The second kappa shape index (κ2) is 5.40. The van der Waals surface area contributed by atoms with Gasteiger partial charge in [-0.15, -0.1) is 0 Å². The van der Waals surface area contributed by atoms with Gasteiger partial charge in [-0.05, 0) is 17.7 Å². The monoisotopic (exact) mass is 287 g/mol. The fraction of sp³-hybridized carbons (Fsp3) is 0.333. The molecule has 8 heteroatoms. The zero-order chi connectivity index (χ0) is 14.8. The summed E-state index contributed by atoms with van der Waals surface area (Å²) in [6.07, 6.45) is -3.50. The Morgan fingerprint density at radius 2 is 2.00 bits per heavy atom. The molecule has 5 nitrogen and oxygen atoms in total. The average Bonchev–Trinajstić information content (AvgIpc) is 2.75. The molecule has 0 radical (unpaired) electrons. The van der Waals surface area contributed by atoms with Crippen molar-refractivity contribution in [3.05, 3.63) is 57.5 Å². The summed E-state index contributed by atoms with van der Waals surface area (Å²) in [5, 5.41) is 13.3. The lowest BCUT2D eigenvalue weighted by Crippen LogP contribution is -2.20. The van der Waals surface area contributed by atoms with E-state index in [1.807, 2.05) is 0 Å². The molecule has 1 aromatic carbocycles. The van der Waals surface area contributed by atoms with Gasteiger partial charge in [0.1, 0.15) is 0 Å². The van der Waals surface area contributed by atoms with Gasteiger partial charge in [-0.2, -0.15) is 13.2 Å². The Bertz CT molecular complexity index is 526. The van der Waals surface area contributed by atoms with Crippen LogP contribution in [0, 0.1) is 10.1 Å². The van der Waals surface area contributed by atoms with Crippen molar-refractivity contribution >= 4 is 0 Å². The molecule has 0 aliphatic carbocycles. The Labute approximate surface area is 112 Å². The molecule has 2 rings (SSSR count). The molecule has 1 fully saturated rings. The van der Waals surface area contributed by atoms with E-state index < -0.39 is 16.7 Å². The second-order valence-electron chi connectivity index (χ2n) is 4.34. The summed E-state index contributed by atoms with van der Waals surface area (Å²) in [6, 6.07) is 4.78. The zero-order valence-corrected chi connectivity index (χ0v) is 10.4. The molecular weight excluding hydrogens is 275 g/mol. The summed E-state index contributed by atoms with van der Waals surface area (Å²) in [5.41, 5.74) is -0.0437. The molecule has 0 unspecified atom stereocenters. The van der Waals surface area contributed by atoms with Crippen LogP contribution >= 0.6 is 0 Å². The van der Waals surface area contributed by atoms with Gasteiger partial charge in [0.25, 0.3) is 6.20 Å². The van der Waals surface area contributed by atoms with Crippen molar-refractivity contribution < 1.29 is 18.1 Å². The van der Waals surface area contributed by atoms with Crippen LogP contribution in [0.15, 0.2) is 36.3 Å². The Kier molecular flexibility index (Phi) is 3.82. The van der Waals surface area contributed by atoms with Crippen molar-refractivity contribution in [3.8, 4) is 0 Å². The van der Waals surface area contributed by atoms with E-state index in [1.165, 1.54) is 12.1 Å². The number of nitrogens with one attached hydrogen (secondary N) is 1. The number of nitrogens with zero attached hydrogens (tertiary/aromatic N) is 2. The van der Waals surface area contributed by atoms with E-state index in [9.17, 15) is 23.3 Å². The minimum absolute atomic E-state index is 0.324. The molecule has 0 spiro atoms. The van der Waals surface area contributed by atoms with Gasteiger partial charge in [0, 0.05) is 19.6 Å². The first-order valence-corrected chi connectivity index (χ1v) is 5.86. The lowest BCUT2D eigenvalue weighted by Gasteiger charge is -2.17. The smallest absolute Gasteiger partial charge is 0.365 e. The minimum Gasteiger partial charge on any atom is -0.365 e. The van der Waals surface area contributed by atoms with Crippen LogP contribution in [-0.2, 0) is 12.7 Å². The first-order valence-electron chi connectivity index (χ1n) is 5.86. The summed E-state index contributed by atoms with van der Waals surface area (Å²) in [4.78, 5) is 11.6. The SMILES string of the molecule is O=[N+]([O-])C=C1NCCN1Cc1ccc(C(F)(F)F)cc1. The molecule has 1 saturated heterocycles. The number of alkyl halides is 3. The van der Waals surface area contributed by atoms with Gasteiger partial charge in [0.05, 0.1) is 10.5 Å². The topological polar surface area (TPSA) is 58.4 Å². The van der Waals surface area contributed by atoms with E-state index in [1.54, 1.807) is 4.90 Å². The molecule has 1 aromatic rings. The Hall–Kier alpha value is -2.25. The Morgan fingerprint density at radius 3 is 2.55 bits per heavy atom. The van der Waals surface area contributed by atoms with Gasteiger partial charge < -0.3 is 10.2 Å². The van der Waals surface area contributed by atoms with Gasteiger partial charge >= 0.3 is 6.18 Å². The molecule has 0 aromatic heterocycles. The highest BCUT2D eigenvalue weighted by molar-refractivity contribution is 5.25. The molecule has 0 bridgehead atoms. The molecule has 0 amide bonds. The first-order chi connectivity index (χ1) is 9.36. The number of benzene rings is 1. The lowest BCUT2D eigenvalue weighted by atomic mass is 10.1. The van der Waals surface area contributed by atoms with Crippen LogP contribution in [0.3, 0.4) is 0 Å². The van der Waals surface area contributed by atoms with Crippen LogP contribution in [0.2, 0.25) is 0 Å². The maximum Gasteiger partial charge on any atom is 0.416 e. The van der Waals surface area contributed by atoms with Crippen molar-refractivity contribution in [3.63, 3.8) is 0 Å². The van der Waals surface area contributed by atoms with Crippen LogP contribution in [-0.4, -0.2) is 22.9 Å². The third kappa shape index (κ3) is 3.40. The molecule has 1 heterocycles. The van der Waals surface area contributed by atoms with Crippen LogP contribution in [0.25, 0.3) is 0 Å². The number of nitro groups is 1. The van der Waals surface area contributed by atoms with Crippen LogP contribution in [0.5, 0.6) is 0 Å². The van der Waals surface area contributed by atoms with Crippen molar-refractivity contribution in [2.45, 2.75) is 12.7 Å². The third-order valence-corrected chi connectivity index (χ3v) is 2.91. The van der Waals surface area contributed by atoms with Crippen molar-refractivity contribution in [1.29, 1.82) is 0 Å². The van der Waals surface area contributed by atoms with Gasteiger partial charge in [-0.3, -0.25) is 10.1 Å². The number of hydrogen-bond donors (Lipinski definition) is 1. The van der Waals surface area contributed by atoms with E-state index in [2.05, 4.69) is 5.32 Å². The molecule has 1 aliphatic rings. The summed E-state index contributed by atoms with van der Waals surface area (Å²) < 4.78 is 37.3. The summed E-state index contributed by atoms with van der Waals surface area (Å²) in [6.45, 7) is 1.46. The molecule has 108 valence electrons. The van der Waals surface area contributed by atoms with Gasteiger partial charge in [0.2, 0.25) is 0 Å². The van der Waals surface area contributed by atoms with Crippen molar-refractivity contribution in [2.75, 3.05) is 13.1 Å². The molecule has 1 aliphatic heterocycles. The summed E-state index contributed by atoms with van der Waals surface area (Å²) in [7, 11) is 0. The van der Waals surface area contributed by atoms with Gasteiger partial charge in [-0.25, -0.2) is 0 Å². The fourth-order valence-corrected chi connectivity index (χ4v) is 1.96. The second-order valence-corrected chi connectivity index (χ2v) is 4.34. The molecule has 20 heavy (non-hydrogen) atoms. The Balaban J connectivity index is 2.08. The minimum atomic E-state index is -4.36. The van der Waals surface area contributed by atoms with E-state index in [-0.39, 0.29) is 0 Å². The third-order valence-electron chi connectivity index (χ3n) is 2.91. The predicted molar refractivity (Wildman–Crippen MR) is 64.9 cm³/mol. The van der Waals surface area contributed by atoms with Crippen molar-refractivity contribution in [1.82, 2.24) is 10.2 Å². The number of hydrogen-bond acceptors (Lipinski definition) is 4. The first kappa shape index (κ1) is 14.2. The summed E-state index contributed by atoms with van der Waals surface area (Å²) in [5.74, 6) is 0.370. The van der Waals surface area contributed by atoms with Gasteiger partial charge in [-0.1, -0.05) is 12.1 Å². The van der Waals surface area contributed by atoms with E-state index in [4.69, 9.17) is 0 Å². The predicted octanol–water partition coefficient (Wildman–Crippen LogP) is 2.19. The van der Waals surface area contributed by atoms with Crippen LogP contribution in [0.4, 0.5) is 13.2 Å². The van der Waals surface area contributed by atoms with E-state index >= 15 is 0 Å². The largest absolute Gasteiger partial charge is 0.416 e. The molecular formula is C12H12F3N3O2. The Morgan fingerprint density at radius 1 is 1.35 bits per heavy atom. The summed E-state index contributed by atoms with van der Waals surface area (Å²) >= 11 is 0. The van der Waals surface area contributed by atoms with Crippen molar-refractivity contribution in [2.24, 2.45) is 0 Å². The molecule has 0 saturated carbocycles. The molecule has 0 atom stereocenters. The fourth-order valence-electron chi connectivity index (χ4n) is 1.96. The maximum atomic E-state index is 12.4. The highest BCUT2D eigenvalue weighted by Gasteiger charge is 2.30. The lowest BCUT2D eigenvalue weighted by molar-refractivity contribution is -0.404. The zero-order valence-electron chi connectivity index (χ0n) is 10.4. The standard InChI is InChI=1S/C12H12F3N3O2/c13-12(14,15)10-3-1-9(2-4-10)7-17-6-5-16-11(17)8-18(19)20/h1-4,8,16H,5-7H2. The number of halogens is 3. The highest BCUT2D eigenvalue weighted by Crippen LogP contribution is 2.29.